The molecule has 0 atom stereocenters. The smallest absolute Gasteiger partial charge is 0.387 e. The largest absolute Gasteiger partial charge is 0.493 e. The standard InChI is InChI=1S/C20H24F2N2O5/c1-14-7-4-5-8-17(14)28-10-6-9-23(2)13-15-11-18(27-3)19(29-20(21)22)12-16(15)24(25)26/h4-5,7-8,11-12,20H,6,9-10,13H2,1-3H3. The van der Waals surface area contributed by atoms with Gasteiger partial charge in [0.1, 0.15) is 5.75 Å². The van der Waals surface area contributed by atoms with Crippen molar-refractivity contribution in [2.24, 2.45) is 0 Å². The second kappa shape index (κ2) is 10.6. The SMILES string of the molecule is COc1cc(CN(C)CCCOc2ccccc2C)c([N+](=O)[O-])cc1OC(F)F. The number of benzene rings is 2. The third-order valence-electron chi connectivity index (χ3n) is 4.25. The van der Waals surface area contributed by atoms with Gasteiger partial charge in [-0.05, 0) is 38.1 Å². The molecule has 9 heteroatoms. The van der Waals surface area contributed by atoms with E-state index in [1.54, 1.807) is 0 Å². The minimum absolute atomic E-state index is 0.0159. The molecule has 0 aliphatic heterocycles. The molecule has 2 rings (SSSR count). The molecule has 0 aliphatic carbocycles. The number of nitrogens with zero attached hydrogens (tertiary/aromatic N) is 2. The van der Waals surface area contributed by atoms with Crippen molar-refractivity contribution in [1.29, 1.82) is 0 Å². The Bertz CT molecular complexity index is 833. The van der Waals surface area contributed by atoms with E-state index in [0.29, 0.717) is 25.1 Å². The van der Waals surface area contributed by atoms with Crippen molar-refractivity contribution < 1.29 is 27.9 Å². The second-order valence-corrected chi connectivity index (χ2v) is 6.47. The van der Waals surface area contributed by atoms with Gasteiger partial charge in [0.05, 0.1) is 24.7 Å². The Balaban J connectivity index is 2.00. The average molecular weight is 410 g/mol. The van der Waals surface area contributed by atoms with Gasteiger partial charge in [-0.2, -0.15) is 8.78 Å². The van der Waals surface area contributed by atoms with Gasteiger partial charge < -0.3 is 19.1 Å². The highest BCUT2D eigenvalue weighted by Gasteiger charge is 2.22. The topological polar surface area (TPSA) is 74.1 Å². The molecule has 0 saturated carbocycles. The number of ether oxygens (including phenoxy) is 3. The van der Waals surface area contributed by atoms with Crippen LogP contribution in [0, 0.1) is 17.0 Å². The summed E-state index contributed by atoms with van der Waals surface area (Å²) in [5.41, 5.74) is 1.09. The fraction of sp³-hybridized carbons (Fsp3) is 0.400. The number of nitro benzene ring substituents is 1. The summed E-state index contributed by atoms with van der Waals surface area (Å²) in [6.45, 7) is 0.231. The highest BCUT2D eigenvalue weighted by molar-refractivity contribution is 5.54. The van der Waals surface area contributed by atoms with E-state index in [0.717, 1.165) is 17.4 Å². The molecule has 0 bridgehead atoms. The first-order valence-corrected chi connectivity index (χ1v) is 8.99. The Morgan fingerprint density at radius 3 is 2.52 bits per heavy atom. The lowest BCUT2D eigenvalue weighted by Gasteiger charge is -2.18. The first-order chi connectivity index (χ1) is 13.8. The summed E-state index contributed by atoms with van der Waals surface area (Å²) in [6.07, 6.45) is 0.711. The number of aryl methyl sites for hydroxylation is 1. The maximum absolute atomic E-state index is 12.5. The molecule has 29 heavy (non-hydrogen) atoms. The minimum atomic E-state index is -3.11. The van der Waals surface area contributed by atoms with Gasteiger partial charge >= 0.3 is 6.61 Å². The number of alkyl halides is 2. The van der Waals surface area contributed by atoms with E-state index in [4.69, 9.17) is 9.47 Å². The third kappa shape index (κ3) is 6.56. The van der Waals surface area contributed by atoms with Crippen LogP contribution in [-0.4, -0.2) is 43.7 Å². The molecule has 0 aromatic heterocycles. The number of halogens is 2. The van der Waals surface area contributed by atoms with Crippen LogP contribution >= 0.6 is 0 Å². The molecule has 0 fully saturated rings. The van der Waals surface area contributed by atoms with Crippen LogP contribution in [0.5, 0.6) is 17.2 Å². The van der Waals surface area contributed by atoms with Crippen LogP contribution in [0.25, 0.3) is 0 Å². The molecule has 0 N–H and O–H groups in total. The number of methoxy groups -OCH3 is 1. The lowest BCUT2D eigenvalue weighted by atomic mass is 10.1. The van der Waals surface area contributed by atoms with E-state index >= 15 is 0 Å². The van der Waals surface area contributed by atoms with Crippen molar-refractivity contribution in [3.05, 3.63) is 57.6 Å². The molecular formula is C20H24F2N2O5. The van der Waals surface area contributed by atoms with E-state index in [1.807, 2.05) is 43.1 Å². The van der Waals surface area contributed by atoms with Crippen molar-refractivity contribution >= 4 is 5.69 Å². The van der Waals surface area contributed by atoms with Crippen molar-refractivity contribution in [2.75, 3.05) is 27.3 Å². The Hall–Kier alpha value is -2.94. The molecule has 0 aliphatic rings. The van der Waals surface area contributed by atoms with Crippen LogP contribution in [0.15, 0.2) is 36.4 Å². The van der Waals surface area contributed by atoms with Crippen LogP contribution < -0.4 is 14.2 Å². The lowest BCUT2D eigenvalue weighted by molar-refractivity contribution is -0.385. The van der Waals surface area contributed by atoms with Crippen molar-refractivity contribution in [1.82, 2.24) is 4.90 Å². The molecule has 7 nitrogen and oxygen atoms in total. The van der Waals surface area contributed by atoms with Crippen LogP contribution in [0.3, 0.4) is 0 Å². The molecule has 0 radical (unpaired) electrons. The molecule has 2 aromatic rings. The van der Waals surface area contributed by atoms with Crippen LogP contribution in [-0.2, 0) is 6.54 Å². The first kappa shape index (κ1) is 22.4. The van der Waals surface area contributed by atoms with Crippen LogP contribution in [0.1, 0.15) is 17.5 Å². The van der Waals surface area contributed by atoms with E-state index in [1.165, 1.54) is 13.2 Å². The Morgan fingerprint density at radius 2 is 1.90 bits per heavy atom. The van der Waals surface area contributed by atoms with Gasteiger partial charge in [-0.15, -0.1) is 0 Å². The zero-order valence-corrected chi connectivity index (χ0v) is 16.6. The van der Waals surface area contributed by atoms with Gasteiger partial charge in [0.25, 0.3) is 5.69 Å². The molecule has 0 amide bonds. The summed E-state index contributed by atoms with van der Waals surface area (Å²) in [7, 11) is 3.10. The molecule has 2 aromatic carbocycles. The maximum Gasteiger partial charge on any atom is 0.387 e. The fourth-order valence-electron chi connectivity index (χ4n) is 2.84. The van der Waals surface area contributed by atoms with Crippen molar-refractivity contribution in [3.63, 3.8) is 0 Å². The van der Waals surface area contributed by atoms with E-state index in [2.05, 4.69) is 4.74 Å². The van der Waals surface area contributed by atoms with Crippen molar-refractivity contribution in [3.8, 4) is 17.2 Å². The van der Waals surface area contributed by atoms with Crippen molar-refractivity contribution in [2.45, 2.75) is 26.5 Å². The highest BCUT2D eigenvalue weighted by Crippen LogP contribution is 2.36. The zero-order chi connectivity index (χ0) is 21.4. The summed E-state index contributed by atoms with van der Waals surface area (Å²) in [4.78, 5) is 12.6. The normalized spacial score (nSPS) is 11.0. The van der Waals surface area contributed by atoms with Gasteiger partial charge in [-0.25, -0.2) is 0 Å². The van der Waals surface area contributed by atoms with Gasteiger partial charge in [-0.1, -0.05) is 18.2 Å². The number of hydrogen-bond acceptors (Lipinski definition) is 6. The molecule has 0 saturated heterocycles. The zero-order valence-electron chi connectivity index (χ0n) is 16.6. The Kier molecular flexibility index (Phi) is 8.14. The summed E-state index contributed by atoms with van der Waals surface area (Å²) < 4.78 is 40.2. The lowest BCUT2D eigenvalue weighted by Crippen LogP contribution is -2.21. The van der Waals surface area contributed by atoms with Gasteiger partial charge in [0.2, 0.25) is 0 Å². The molecule has 0 heterocycles. The fourth-order valence-corrected chi connectivity index (χ4v) is 2.84. The Labute approximate surface area is 167 Å². The van der Waals surface area contributed by atoms with E-state index in [-0.39, 0.29) is 23.7 Å². The number of para-hydroxylation sites is 1. The van der Waals surface area contributed by atoms with E-state index in [9.17, 15) is 18.9 Å². The third-order valence-corrected chi connectivity index (χ3v) is 4.25. The summed E-state index contributed by atoms with van der Waals surface area (Å²) in [6, 6.07) is 10.0. The Morgan fingerprint density at radius 1 is 1.17 bits per heavy atom. The maximum atomic E-state index is 12.5. The monoisotopic (exact) mass is 410 g/mol. The number of rotatable bonds is 11. The molecule has 158 valence electrons. The van der Waals surface area contributed by atoms with Gasteiger partial charge in [0.15, 0.2) is 11.5 Å². The number of nitro groups is 1. The molecule has 0 unspecified atom stereocenters. The summed E-state index contributed by atoms with van der Waals surface area (Å²) >= 11 is 0. The first-order valence-electron chi connectivity index (χ1n) is 8.99. The number of hydrogen-bond donors (Lipinski definition) is 0. The average Bonchev–Trinajstić information content (AvgIpc) is 2.66. The molecule has 0 spiro atoms. The summed E-state index contributed by atoms with van der Waals surface area (Å²) in [5, 5.41) is 11.4. The van der Waals surface area contributed by atoms with E-state index < -0.39 is 11.5 Å². The predicted molar refractivity (Wildman–Crippen MR) is 104 cm³/mol. The van der Waals surface area contributed by atoms with Crippen LogP contribution in [0.2, 0.25) is 0 Å². The van der Waals surface area contributed by atoms with Gasteiger partial charge in [0, 0.05) is 18.7 Å². The van der Waals surface area contributed by atoms with Crippen LogP contribution in [0.4, 0.5) is 14.5 Å². The predicted octanol–water partition coefficient (Wildman–Crippen LogP) is 4.41. The quantitative estimate of drug-likeness (QED) is 0.310. The summed E-state index contributed by atoms with van der Waals surface area (Å²) in [5.74, 6) is 0.472. The highest BCUT2D eigenvalue weighted by atomic mass is 19.3. The van der Waals surface area contributed by atoms with Gasteiger partial charge in [-0.3, -0.25) is 10.1 Å². The molecular weight excluding hydrogens is 386 g/mol. The minimum Gasteiger partial charge on any atom is -0.493 e. The second-order valence-electron chi connectivity index (χ2n) is 6.47.